The number of nitrogens with zero attached hydrogens (tertiary/aromatic N) is 1. The molecule has 1 aromatic carbocycles. The first-order valence-corrected chi connectivity index (χ1v) is 8.98. The SMILES string of the molecule is Cc1ccc(C)c(C(C)NC(=O)c2cccn2Cc2cccs2)c1. The lowest BCUT2D eigenvalue weighted by molar-refractivity contribution is 0.0931. The number of nitrogens with one attached hydrogen (secondary N) is 1. The van der Waals surface area contributed by atoms with Gasteiger partial charge >= 0.3 is 0 Å². The molecule has 24 heavy (non-hydrogen) atoms. The molecule has 1 unspecified atom stereocenters. The van der Waals surface area contributed by atoms with E-state index in [9.17, 15) is 4.79 Å². The highest BCUT2D eigenvalue weighted by molar-refractivity contribution is 7.09. The molecule has 124 valence electrons. The number of carbonyl (C=O) groups is 1. The van der Waals surface area contributed by atoms with Crippen molar-refractivity contribution >= 4 is 17.2 Å². The fourth-order valence-corrected chi connectivity index (χ4v) is 3.61. The lowest BCUT2D eigenvalue weighted by Crippen LogP contribution is -2.29. The molecule has 0 spiro atoms. The van der Waals surface area contributed by atoms with Crippen LogP contribution in [0.25, 0.3) is 0 Å². The smallest absolute Gasteiger partial charge is 0.268 e. The normalized spacial score (nSPS) is 12.1. The van der Waals surface area contributed by atoms with Gasteiger partial charge in [-0.15, -0.1) is 11.3 Å². The van der Waals surface area contributed by atoms with Gasteiger partial charge < -0.3 is 9.88 Å². The summed E-state index contributed by atoms with van der Waals surface area (Å²) in [4.78, 5) is 13.9. The molecule has 0 radical (unpaired) electrons. The second kappa shape index (κ2) is 7.05. The van der Waals surface area contributed by atoms with Crippen LogP contribution in [0.3, 0.4) is 0 Å². The van der Waals surface area contributed by atoms with Crippen LogP contribution in [-0.2, 0) is 6.54 Å². The first-order chi connectivity index (χ1) is 11.5. The highest BCUT2D eigenvalue weighted by Crippen LogP contribution is 2.20. The number of aromatic nitrogens is 1. The molecule has 1 N–H and O–H groups in total. The van der Waals surface area contributed by atoms with Gasteiger partial charge in [0.25, 0.3) is 5.91 Å². The number of aryl methyl sites for hydroxylation is 2. The number of amides is 1. The first kappa shape index (κ1) is 16.5. The minimum Gasteiger partial charge on any atom is -0.344 e. The molecule has 0 fully saturated rings. The summed E-state index contributed by atoms with van der Waals surface area (Å²) in [7, 11) is 0. The zero-order chi connectivity index (χ0) is 17.1. The summed E-state index contributed by atoms with van der Waals surface area (Å²) in [5.74, 6) is -0.0371. The van der Waals surface area contributed by atoms with Crippen LogP contribution < -0.4 is 5.32 Å². The van der Waals surface area contributed by atoms with E-state index >= 15 is 0 Å². The molecule has 0 saturated carbocycles. The standard InChI is InChI=1S/C20H22N2OS/c1-14-8-9-15(2)18(12-14)16(3)21-20(23)19-7-4-10-22(19)13-17-6-5-11-24-17/h4-12,16H,13H2,1-3H3,(H,21,23). The molecule has 0 aliphatic carbocycles. The molecule has 3 nitrogen and oxygen atoms in total. The third-order valence-electron chi connectivity index (χ3n) is 4.22. The quantitative estimate of drug-likeness (QED) is 0.718. The highest BCUT2D eigenvalue weighted by atomic mass is 32.1. The van der Waals surface area contributed by atoms with Gasteiger partial charge in [0.1, 0.15) is 5.69 Å². The minimum atomic E-state index is -0.0371. The van der Waals surface area contributed by atoms with E-state index in [4.69, 9.17) is 0 Å². The summed E-state index contributed by atoms with van der Waals surface area (Å²) in [6.07, 6.45) is 1.96. The minimum absolute atomic E-state index is 0.0255. The fourth-order valence-electron chi connectivity index (χ4n) is 2.90. The van der Waals surface area contributed by atoms with Crippen LogP contribution in [0.4, 0.5) is 0 Å². The van der Waals surface area contributed by atoms with Gasteiger partial charge in [0.15, 0.2) is 0 Å². The maximum atomic E-state index is 12.7. The van der Waals surface area contributed by atoms with Crippen molar-refractivity contribution in [2.75, 3.05) is 0 Å². The third-order valence-corrected chi connectivity index (χ3v) is 5.08. The topological polar surface area (TPSA) is 34.0 Å². The predicted octanol–water partition coefficient (Wildman–Crippen LogP) is 4.71. The van der Waals surface area contributed by atoms with E-state index in [1.807, 2.05) is 35.9 Å². The molecule has 0 bridgehead atoms. The molecule has 1 amide bonds. The molecular formula is C20H22N2OS. The summed E-state index contributed by atoms with van der Waals surface area (Å²) in [5, 5.41) is 5.19. The van der Waals surface area contributed by atoms with E-state index in [-0.39, 0.29) is 11.9 Å². The Morgan fingerprint density at radius 3 is 2.79 bits per heavy atom. The zero-order valence-corrected chi connectivity index (χ0v) is 15.1. The van der Waals surface area contributed by atoms with E-state index in [0.29, 0.717) is 5.69 Å². The monoisotopic (exact) mass is 338 g/mol. The van der Waals surface area contributed by atoms with Gasteiger partial charge in [0.2, 0.25) is 0 Å². The van der Waals surface area contributed by atoms with E-state index in [1.54, 1.807) is 11.3 Å². The lowest BCUT2D eigenvalue weighted by Gasteiger charge is -2.18. The molecule has 0 aliphatic heterocycles. The maximum absolute atomic E-state index is 12.7. The predicted molar refractivity (Wildman–Crippen MR) is 99.7 cm³/mol. The van der Waals surface area contributed by atoms with Crippen LogP contribution in [0.2, 0.25) is 0 Å². The molecule has 3 aromatic rings. The van der Waals surface area contributed by atoms with Gasteiger partial charge in [-0.1, -0.05) is 29.8 Å². The largest absolute Gasteiger partial charge is 0.344 e. The van der Waals surface area contributed by atoms with Gasteiger partial charge in [-0.25, -0.2) is 0 Å². The molecule has 1 atom stereocenters. The van der Waals surface area contributed by atoms with Crippen molar-refractivity contribution in [3.63, 3.8) is 0 Å². The zero-order valence-electron chi connectivity index (χ0n) is 14.2. The molecule has 3 rings (SSSR count). The van der Waals surface area contributed by atoms with Crippen LogP contribution >= 0.6 is 11.3 Å². The van der Waals surface area contributed by atoms with E-state index < -0.39 is 0 Å². The Balaban J connectivity index is 1.75. The van der Waals surface area contributed by atoms with Gasteiger partial charge in [0.05, 0.1) is 12.6 Å². The maximum Gasteiger partial charge on any atom is 0.268 e. The van der Waals surface area contributed by atoms with Crippen molar-refractivity contribution in [3.8, 4) is 0 Å². The number of rotatable bonds is 5. The number of benzene rings is 1. The van der Waals surface area contributed by atoms with Crippen molar-refractivity contribution < 1.29 is 4.79 Å². The Labute approximate surface area is 147 Å². The summed E-state index contributed by atoms with van der Waals surface area (Å²) < 4.78 is 2.00. The second-order valence-corrected chi connectivity index (χ2v) is 7.19. The number of thiophene rings is 1. The van der Waals surface area contributed by atoms with Crippen LogP contribution in [0.5, 0.6) is 0 Å². The summed E-state index contributed by atoms with van der Waals surface area (Å²) in [6.45, 7) is 6.91. The average molecular weight is 338 g/mol. The molecule has 2 heterocycles. The summed E-state index contributed by atoms with van der Waals surface area (Å²) in [6, 6.07) is 14.2. The van der Waals surface area contributed by atoms with E-state index in [0.717, 1.165) is 6.54 Å². The summed E-state index contributed by atoms with van der Waals surface area (Å²) in [5.41, 5.74) is 4.26. The molecular weight excluding hydrogens is 316 g/mol. The fraction of sp³-hybridized carbons (Fsp3) is 0.250. The highest BCUT2D eigenvalue weighted by Gasteiger charge is 2.16. The van der Waals surface area contributed by atoms with Crippen molar-refractivity contribution in [2.45, 2.75) is 33.4 Å². The molecule has 0 aliphatic rings. The Bertz CT molecular complexity index is 833. The lowest BCUT2D eigenvalue weighted by atomic mass is 10.00. The van der Waals surface area contributed by atoms with Crippen molar-refractivity contribution in [2.24, 2.45) is 0 Å². The van der Waals surface area contributed by atoms with Crippen molar-refractivity contribution in [1.82, 2.24) is 9.88 Å². The van der Waals surface area contributed by atoms with Gasteiger partial charge in [0, 0.05) is 11.1 Å². The number of carbonyl (C=O) groups excluding carboxylic acids is 1. The number of hydrogen-bond donors (Lipinski definition) is 1. The van der Waals surface area contributed by atoms with Crippen LogP contribution in [0.15, 0.2) is 54.0 Å². The average Bonchev–Trinajstić information content (AvgIpc) is 3.21. The van der Waals surface area contributed by atoms with Crippen LogP contribution in [0, 0.1) is 13.8 Å². The van der Waals surface area contributed by atoms with Crippen LogP contribution in [0.1, 0.15) is 45.0 Å². The number of hydrogen-bond acceptors (Lipinski definition) is 2. The second-order valence-electron chi connectivity index (χ2n) is 6.16. The van der Waals surface area contributed by atoms with Crippen molar-refractivity contribution in [3.05, 3.63) is 81.3 Å². The van der Waals surface area contributed by atoms with Gasteiger partial charge in [-0.2, -0.15) is 0 Å². The summed E-state index contributed by atoms with van der Waals surface area (Å²) >= 11 is 1.70. The third kappa shape index (κ3) is 3.60. The van der Waals surface area contributed by atoms with E-state index in [2.05, 4.69) is 48.8 Å². The molecule has 0 saturated heterocycles. The Kier molecular flexibility index (Phi) is 4.86. The van der Waals surface area contributed by atoms with Crippen molar-refractivity contribution in [1.29, 1.82) is 0 Å². The van der Waals surface area contributed by atoms with E-state index in [1.165, 1.54) is 21.6 Å². The van der Waals surface area contributed by atoms with Gasteiger partial charge in [-0.3, -0.25) is 4.79 Å². The Morgan fingerprint density at radius 2 is 2.04 bits per heavy atom. The van der Waals surface area contributed by atoms with Crippen LogP contribution in [-0.4, -0.2) is 10.5 Å². The van der Waals surface area contributed by atoms with Gasteiger partial charge in [-0.05, 0) is 55.5 Å². The first-order valence-electron chi connectivity index (χ1n) is 8.10. The Hall–Kier alpha value is -2.33. The molecule has 2 aromatic heterocycles. The Morgan fingerprint density at radius 1 is 1.21 bits per heavy atom. The molecule has 4 heteroatoms.